The molecule has 5 nitrogen and oxygen atoms in total. The molecule has 3 aliphatic rings. The number of hydrogen-bond donors (Lipinski definition) is 0. The zero-order valence-corrected chi connectivity index (χ0v) is 26.2. The van der Waals surface area contributed by atoms with Crippen LogP contribution in [-0.2, 0) is 25.2 Å². The molecular weight excluding hydrogens is 627 g/mol. The van der Waals surface area contributed by atoms with Crippen molar-refractivity contribution in [2.45, 2.75) is 10.8 Å². The molecule has 8 rings (SSSR count). The summed E-state index contributed by atoms with van der Waals surface area (Å²) in [6.45, 7) is 0. The SMILES string of the molecule is N#Cc1ccc(N2C(=O)[C@@H]3[C@H](C2=O)[C@]2(c4ccc(Cl)cc4)C(=O)[C@]3(c3ccc(Cl)cc3)C(c3ccccc3)=C2c2ccccc2)cc1. The number of amides is 2. The molecule has 1 heterocycles. The van der Waals surface area contributed by atoms with E-state index in [2.05, 4.69) is 6.07 Å². The van der Waals surface area contributed by atoms with E-state index in [1.807, 2.05) is 60.7 Å². The second-order valence-corrected chi connectivity index (χ2v) is 12.9. The van der Waals surface area contributed by atoms with Crippen molar-refractivity contribution >= 4 is 57.6 Å². The molecule has 47 heavy (non-hydrogen) atoms. The van der Waals surface area contributed by atoms with Gasteiger partial charge in [-0.25, -0.2) is 4.90 Å². The number of nitriles is 1. The summed E-state index contributed by atoms with van der Waals surface area (Å²) in [5.41, 5.74) is 1.77. The molecule has 0 unspecified atom stereocenters. The second-order valence-electron chi connectivity index (χ2n) is 12.1. The lowest BCUT2D eigenvalue weighted by Gasteiger charge is -2.39. The molecule has 1 saturated carbocycles. The summed E-state index contributed by atoms with van der Waals surface area (Å²) in [5, 5.41) is 10.4. The first kappa shape index (κ1) is 29.1. The molecule has 0 aromatic heterocycles. The molecule has 0 N–H and O–H groups in total. The average molecular weight is 652 g/mol. The van der Waals surface area contributed by atoms with Crippen LogP contribution in [0.4, 0.5) is 5.69 Å². The van der Waals surface area contributed by atoms with Gasteiger partial charge in [-0.15, -0.1) is 0 Å². The van der Waals surface area contributed by atoms with E-state index in [9.17, 15) is 14.9 Å². The van der Waals surface area contributed by atoms with Gasteiger partial charge < -0.3 is 0 Å². The summed E-state index contributed by atoms with van der Waals surface area (Å²) in [6.07, 6.45) is 0. The second kappa shape index (κ2) is 10.6. The number of nitrogens with zero attached hydrogens (tertiary/aromatic N) is 2. The topological polar surface area (TPSA) is 78.2 Å². The molecule has 0 radical (unpaired) electrons. The molecule has 2 aliphatic carbocycles. The monoisotopic (exact) mass is 650 g/mol. The van der Waals surface area contributed by atoms with Crippen molar-refractivity contribution in [1.82, 2.24) is 0 Å². The predicted octanol–water partition coefficient (Wildman–Crippen LogP) is 8.05. The first-order chi connectivity index (χ1) is 22.8. The number of carbonyl (C=O) groups is 3. The van der Waals surface area contributed by atoms with E-state index in [1.165, 1.54) is 4.90 Å². The van der Waals surface area contributed by atoms with E-state index in [0.717, 1.165) is 11.1 Å². The fourth-order valence-electron chi connectivity index (χ4n) is 8.30. The van der Waals surface area contributed by atoms with Crippen molar-refractivity contribution in [2.24, 2.45) is 11.8 Å². The van der Waals surface area contributed by atoms with E-state index in [4.69, 9.17) is 23.2 Å². The number of anilines is 1. The largest absolute Gasteiger partial charge is 0.297 e. The number of allylic oxidation sites excluding steroid dienone is 2. The smallest absolute Gasteiger partial charge is 0.239 e. The lowest BCUT2D eigenvalue weighted by molar-refractivity contribution is -0.130. The Labute approximate surface area is 281 Å². The minimum Gasteiger partial charge on any atom is -0.297 e. The summed E-state index contributed by atoms with van der Waals surface area (Å²) < 4.78 is 0. The Hall–Kier alpha value is -5.28. The van der Waals surface area contributed by atoms with Crippen molar-refractivity contribution in [3.05, 3.63) is 171 Å². The summed E-state index contributed by atoms with van der Waals surface area (Å²) >= 11 is 12.8. The van der Waals surface area contributed by atoms with Gasteiger partial charge in [-0.3, -0.25) is 14.4 Å². The number of hydrogen-bond acceptors (Lipinski definition) is 4. The molecule has 1 saturated heterocycles. The van der Waals surface area contributed by atoms with E-state index >= 15 is 4.79 Å². The number of Topliss-reactive ketones (excluding diaryl/α,β-unsaturated/α-hetero) is 1. The normalized spacial score (nSPS) is 24.5. The molecule has 7 heteroatoms. The molecule has 1 aliphatic heterocycles. The van der Waals surface area contributed by atoms with Crippen LogP contribution in [-0.4, -0.2) is 17.6 Å². The summed E-state index contributed by atoms with van der Waals surface area (Å²) in [4.78, 5) is 47.1. The highest BCUT2D eigenvalue weighted by atomic mass is 35.5. The van der Waals surface area contributed by atoms with Crippen molar-refractivity contribution in [2.75, 3.05) is 4.90 Å². The van der Waals surface area contributed by atoms with E-state index in [1.54, 1.807) is 72.8 Å². The van der Waals surface area contributed by atoms with Crippen molar-refractivity contribution in [3.63, 3.8) is 0 Å². The lowest BCUT2D eigenvalue weighted by atomic mass is 9.59. The van der Waals surface area contributed by atoms with Gasteiger partial charge in [-0.1, -0.05) is 108 Å². The van der Waals surface area contributed by atoms with E-state index in [0.29, 0.717) is 43.6 Å². The van der Waals surface area contributed by atoms with Crippen LogP contribution in [0, 0.1) is 23.2 Å². The van der Waals surface area contributed by atoms with Crippen LogP contribution in [0.25, 0.3) is 11.1 Å². The van der Waals surface area contributed by atoms with Gasteiger partial charge in [0.05, 0.1) is 40.0 Å². The van der Waals surface area contributed by atoms with Crippen LogP contribution in [0.1, 0.15) is 27.8 Å². The summed E-state index contributed by atoms with van der Waals surface area (Å²) in [6, 6.07) is 41.8. The standard InChI is InChI=1S/C40H24Cl2N2O3/c41-29-17-13-27(14-18-29)39-32(25-7-3-1-4-8-25)33(26-9-5-2-6-10-26)40(38(39)47,28-15-19-30(42)20-16-28)35-34(39)36(45)44(37(35)46)31-21-11-24(23-43)12-22-31/h1-22,34-35H/t34-,35+,39-,40-/m1/s1. The number of imide groups is 1. The Bertz CT molecular complexity index is 2050. The minimum atomic E-state index is -1.55. The van der Waals surface area contributed by atoms with Gasteiger partial charge >= 0.3 is 0 Å². The fourth-order valence-corrected chi connectivity index (χ4v) is 8.55. The van der Waals surface area contributed by atoms with Crippen molar-refractivity contribution in [1.29, 1.82) is 5.26 Å². The third-order valence-corrected chi connectivity index (χ3v) is 10.5. The van der Waals surface area contributed by atoms with Crippen molar-refractivity contribution in [3.8, 4) is 6.07 Å². The fraction of sp³-hybridized carbons (Fsp3) is 0.100. The third-order valence-electron chi connectivity index (χ3n) is 9.97. The third kappa shape index (κ3) is 3.80. The maximum Gasteiger partial charge on any atom is 0.239 e. The van der Waals surface area contributed by atoms with Gasteiger partial charge in [0, 0.05) is 10.0 Å². The molecule has 5 aromatic carbocycles. The molecule has 2 amide bonds. The molecule has 2 fully saturated rings. The van der Waals surface area contributed by atoms with E-state index in [-0.39, 0.29) is 5.78 Å². The highest BCUT2D eigenvalue weighted by molar-refractivity contribution is 6.39. The highest BCUT2D eigenvalue weighted by Gasteiger charge is 2.82. The Balaban J connectivity index is 1.54. The van der Waals surface area contributed by atoms with Gasteiger partial charge in [-0.05, 0) is 81.9 Å². The number of fused-ring (bicyclic) bond motifs is 5. The first-order valence-electron chi connectivity index (χ1n) is 15.2. The average Bonchev–Trinajstić information content (AvgIpc) is 3.61. The quantitative estimate of drug-likeness (QED) is 0.180. The van der Waals surface area contributed by atoms with Crippen molar-refractivity contribution < 1.29 is 14.4 Å². The first-order valence-corrected chi connectivity index (χ1v) is 15.9. The number of ketones is 1. The molecule has 226 valence electrons. The summed E-state index contributed by atoms with van der Waals surface area (Å²) in [5.74, 6) is -3.31. The molecule has 5 aromatic rings. The molecule has 4 atom stereocenters. The van der Waals surface area contributed by atoms with Gasteiger partial charge in [0.15, 0.2) is 5.78 Å². The zero-order chi connectivity index (χ0) is 32.5. The molecule has 0 spiro atoms. The van der Waals surface area contributed by atoms with Gasteiger partial charge in [0.25, 0.3) is 0 Å². The molecular formula is C40H24Cl2N2O3. The maximum absolute atomic E-state index is 15.9. The van der Waals surface area contributed by atoms with Gasteiger partial charge in [0.1, 0.15) is 0 Å². The zero-order valence-electron chi connectivity index (χ0n) is 24.7. The van der Waals surface area contributed by atoms with Crippen LogP contribution >= 0.6 is 23.2 Å². The van der Waals surface area contributed by atoms with Crippen LogP contribution < -0.4 is 4.90 Å². The maximum atomic E-state index is 15.9. The van der Waals surface area contributed by atoms with E-state index < -0.39 is 34.5 Å². The Kier molecular flexibility index (Phi) is 6.59. The van der Waals surface area contributed by atoms with Crippen LogP contribution in [0.2, 0.25) is 10.0 Å². The lowest BCUT2D eigenvalue weighted by Crippen LogP contribution is -2.45. The highest BCUT2D eigenvalue weighted by Crippen LogP contribution is 2.74. The molecule has 2 bridgehead atoms. The Morgan fingerprint density at radius 1 is 0.553 bits per heavy atom. The Morgan fingerprint density at radius 3 is 1.34 bits per heavy atom. The minimum absolute atomic E-state index is 0.233. The number of halogens is 2. The number of rotatable bonds is 5. The Morgan fingerprint density at radius 2 is 0.957 bits per heavy atom. The van der Waals surface area contributed by atoms with Crippen LogP contribution in [0.3, 0.4) is 0 Å². The predicted molar refractivity (Wildman–Crippen MR) is 182 cm³/mol. The van der Waals surface area contributed by atoms with Crippen LogP contribution in [0.15, 0.2) is 133 Å². The van der Waals surface area contributed by atoms with Gasteiger partial charge in [0.2, 0.25) is 11.8 Å². The summed E-state index contributed by atoms with van der Waals surface area (Å²) in [7, 11) is 0. The number of carbonyl (C=O) groups excluding carboxylic acids is 3. The number of benzene rings is 5. The van der Waals surface area contributed by atoms with Crippen LogP contribution in [0.5, 0.6) is 0 Å². The van der Waals surface area contributed by atoms with Gasteiger partial charge in [-0.2, -0.15) is 5.26 Å².